The largest absolute Gasteiger partial charge is 0.496 e. The van der Waals surface area contributed by atoms with Crippen molar-refractivity contribution in [1.29, 1.82) is 0 Å². The Morgan fingerprint density at radius 2 is 2.07 bits per heavy atom. The van der Waals surface area contributed by atoms with Gasteiger partial charge in [-0.05, 0) is 19.1 Å². The maximum Gasteiger partial charge on any atom is 0.188 e. The lowest BCUT2D eigenvalue weighted by atomic mass is 10.1. The fraction of sp³-hybridized carbons (Fsp3) is 0.364. The Bertz CT molecular complexity index is 346. The zero-order chi connectivity index (χ0) is 11.3. The van der Waals surface area contributed by atoms with Crippen LogP contribution in [-0.2, 0) is 4.74 Å². The van der Waals surface area contributed by atoms with Crippen molar-refractivity contribution in [3.8, 4) is 11.5 Å². The van der Waals surface area contributed by atoms with Crippen molar-refractivity contribution in [1.82, 2.24) is 0 Å². The van der Waals surface area contributed by atoms with Gasteiger partial charge in [0.25, 0.3) is 0 Å². The number of benzene rings is 1. The van der Waals surface area contributed by atoms with Crippen LogP contribution in [0.3, 0.4) is 0 Å². The Hall–Kier alpha value is -1.55. The summed E-state index contributed by atoms with van der Waals surface area (Å²) < 4.78 is 15.1. The lowest BCUT2D eigenvalue weighted by Gasteiger charge is -2.09. The van der Waals surface area contributed by atoms with Crippen LogP contribution in [0.15, 0.2) is 18.2 Å². The summed E-state index contributed by atoms with van der Waals surface area (Å²) in [7, 11) is 3.06. The molecule has 0 aliphatic rings. The number of rotatable bonds is 5. The van der Waals surface area contributed by atoms with E-state index < -0.39 is 0 Å². The summed E-state index contributed by atoms with van der Waals surface area (Å²) in [5.41, 5.74) is 0.544. The van der Waals surface area contributed by atoms with Gasteiger partial charge in [-0.2, -0.15) is 0 Å². The standard InChI is InChI=1S/C11H14O4/c1-8(12)10-5-4-9(15-7-13-2)6-11(10)14-3/h4-6H,7H2,1-3H3. The first kappa shape index (κ1) is 11.5. The van der Waals surface area contributed by atoms with Crippen LogP contribution in [-0.4, -0.2) is 26.8 Å². The molecular formula is C11H14O4. The second-order valence-corrected chi connectivity index (χ2v) is 2.97. The number of ketones is 1. The van der Waals surface area contributed by atoms with E-state index in [2.05, 4.69) is 0 Å². The highest BCUT2D eigenvalue weighted by molar-refractivity contribution is 5.97. The van der Waals surface area contributed by atoms with Crippen LogP contribution in [0, 0.1) is 0 Å². The maximum atomic E-state index is 11.2. The van der Waals surface area contributed by atoms with Crippen molar-refractivity contribution in [2.45, 2.75) is 6.92 Å². The van der Waals surface area contributed by atoms with E-state index in [1.54, 1.807) is 25.3 Å². The first-order valence-corrected chi connectivity index (χ1v) is 4.49. The van der Waals surface area contributed by atoms with Crippen LogP contribution < -0.4 is 9.47 Å². The highest BCUT2D eigenvalue weighted by Crippen LogP contribution is 2.24. The van der Waals surface area contributed by atoms with Gasteiger partial charge in [-0.25, -0.2) is 0 Å². The summed E-state index contributed by atoms with van der Waals surface area (Å²) in [5, 5.41) is 0. The average molecular weight is 210 g/mol. The summed E-state index contributed by atoms with van der Waals surface area (Å²) in [6.45, 7) is 1.66. The van der Waals surface area contributed by atoms with Gasteiger partial charge in [0.2, 0.25) is 0 Å². The number of Topliss-reactive ketones (excluding diaryl/α,β-unsaturated/α-hetero) is 1. The fourth-order valence-corrected chi connectivity index (χ4v) is 1.18. The molecule has 1 aromatic rings. The molecular weight excluding hydrogens is 196 g/mol. The minimum absolute atomic E-state index is 0.0369. The molecule has 82 valence electrons. The van der Waals surface area contributed by atoms with Gasteiger partial charge in [-0.15, -0.1) is 0 Å². The van der Waals surface area contributed by atoms with Gasteiger partial charge in [0.05, 0.1) is 12.7 Å². The summed E-state index contributed by atoms with van der Waals surface area (Å²) in [5.74, 6) is 1.08. The van der Waals surface area contributed by atoms with E-state index >= 15 is 0 Å². The van der Waals surface area contributed by atoms with Crippen LogP contribution >= 0.6 is 0 Å². The van der Waals surface area contributed by atoms with E-state index in [0.717, 1.165) is 0 Å². The number of hydrogen-bond acceptors (Lipinski definition) is 4. The predicted molar refractivity (Wildman–Crippen MR) is 55.5 cm³/mol. The van der Waals surface area contributed by atoms with E-state index in [4.69, 9.17) is 14.2 Å². The summed E-state index contributed by atoms with van der Waals surface area (Å²) in [6, 6.07) is 5.04. The van der Waals surface area contributed by atoms with E-state index in [1.807, 2.05) is 0 Å². The van der Waals surface area contributed by atoms with E-state index in [-0.39, 0.29) is 12.6 Å². The molecule has 0 aliphatic heterocycles. The second kappa shape index (κ2) is 5.36. The summed E-state index contributed by atoms with van der Waals surface area (Å²) in [6.07, 6.45) is 0. The summed E-state index contributed by atoms with van der Waals surface area (Å²) >= 11 is 0. The molecule has 15 heavy (non-hydrogen) atoms. The molecule has 0 atom stereocenters. The predicted octanol–water partition coefficient (Wildman–Crippen LogP) is 1.88. The monoisotopic (exact) mass is 210 g/mol. The molecule has 0 bridgehead atoms. The van der Waals surface area contributed by atoms with Gasteiger partial charge in [0.15, 0.2) is 12.6 Å². The van der Waals surface area contributed by atoms with Crippen LogP contribution in [0.25, 0.3) is 0 Å². The van der Waals surface area contributed by atoms with Crippen LogP contribution in [0.4, 0.5) is 0 Å². The van der Waals surface area contributed by atoms with Gasteiger partial charge in [-0.3, -0.25) is 4.79 Å². The molecule has 0 N–H and O–H groups in total. The van der Waals surface area contributed by atoms with Gasteiger partial charge in [-0.1, -0.05) is 0 Å². The minimum atomic E-state index is -0.0369. The zero-order valence-corrected chi connectivity index (χ0v) is 9.07. The Morgan fingerprint density at radius 3 is 2.60 bits per heavy atom. The molecule has 0 saturated heterocycles. The molecule has 1 rings (SSSR count). The Balaban J connectivity index is 2.92. The Labute approximate surface area is 88.8 Å². The van der Waals surface area contributed by atoms with Crippen molar-refractivity contribution in [2.24, 2.45) is 0 Å². The molecule has 0 radical (unpaired) electrons. The number of carbonyl (C=O) groups is 1. The molecule has 0 saturated carbocycles. The average Bonchev–Trinajstić information content (AvgIpc) is 2.25. The highest BCUT2D eigenvalue weighted by atomic mass is 16.7. The molecule has 0 aromatic heterocycles. The van der Waals surface area contributed by atoms with Crippen molar-refractivity contribution >= 4 is 5.78 Å². The van der Waals surface area contributed by atoms with Gasteiger partial charge >= 0.3 is 0 Å². The molecule has 1 aromatic carbocycles. The maximum absolute atomic E-state index is 11.2. The molecule has 0 unspecified atom stereocenters. The number of methoxy groups -OCH3 is 2. The SMILES string of the molecule is COCOc1ccc(C(C)=O)c(OC)c1. The lowest BCUT2D eigenvalue weighted by Crippen LogP contribution is -2.01. The second-order valence-electron chi connectivity index (χ2n) is 2.97. The Morgan fingerprint density at radius 1 is 1.33 bits per heavy atom. The first-order valence-electron chi connectivity index (χ1n) is 4.49. The molecule has 0 amide bonds. The number of hydrogen-bond donors (Lipinski definition) is 0. The van der Waals surface area contributed by atoms with Crippen molar-refractivity contribution in [3.05, 3.63) is 23.8 Å². The third kappa shape index (κ3) is 2.95. The van der Waals surface area contributed by atoms with Crippen LogP contribution in [0.5, 0.6) is 11.5 Å². The number of carbonyl (C=O) groups excluding carboxylic acids is 1. The molecule has 0 aliphatic carbocycles. The third-order valence-corrected chi connectivity index (χ3v) is 1.90. The van der Waals surface area contributed by atoms with Crippen molar-refractivity contribution < 1.29 is 19.0 Å². The van der Waals surface area contributed by atoms with Gasteiger partial charge in [0, 0.05) is 13.2 Å². The van der Waals surface area contributed by atoms with Crippen LogP contribution in [0.1, 0.15) is 17.3 Å². The van der Waals surface area contributed by atoms with E-state index in [1.165, 1.54) is 14.0 Å². The molecule has 0 fully saturated rings. The van der Waals surface area contributed by atoms with Crippen LogP contribution in [0.2, 0.25) is 0 Å². The topological polar surface area (TPSA) is 44.8 Å². The lowest BCUT2D eigenvalue weighted by molar-refractivity contribution is 0.0510. The molecule has 0 heterocycles. The molecule has 0 spiro atoms. The smallest absolute Gasteiger partial charge is 0.188 e. The van der Waals surface area contributed by atoms with Crippen molar-refractivity contribution in [2.75, 3.05) is 21.0 Å². The Kier molecular flexibility index (Phi) is 4.12. The van der Waals surface area contributed by atoms with Crippen molar-refractivity contribution in [3.63, 3.8) is 0 Å². The highest BCUT2D eigenvalue weighted by Gasteiger charge is 2.08. The van der Waals surface area contributed by atoms with Gasteiger partial charge < -0.3 is 14.2 Å². The van der Waals surface area contributed by atoms with Gasteiger partial charge in [0.1, 0.15) is 11.5 Å². The normalized spacial score (nSPS) is 9.80. The van der Waals surface area contributed by atoms with E-state index in [0.29, 0.717) is 17.1 Å². The number of ether oxygens (including phenoxy) is 3. The van der Waals surface area contributed by atoms with E-state index in [9.17, 15) is 4.79 Å². The quantitative estimate of drug-likeness (QED) is 0.550. The first-order chi connectivity index (χ1) is 7.19. The fourth-order valence-electron chi connectivity index (χ4n) is 1.18. The summed E-state index contributed by atoms with van der Waals surface area (Å²) in [4.78, 5) is 11.2. The molecule has 4 nitrogen and oxygen atoms in total. The zero-order valence-electron chi connectivity index (χ0n) is 9.07. The third-order valence-electron chi connectivity index (χ3n) is 1.90. The minimum Gasteiger partial charge on any atom is -0.496 e. The molecule has 4 heteroatoms.